The Morgan fingerprint density at radius 1 is 1.12 bits per heavy atom. The largest absolute Gasteiger partial charge is 0.395 e. The zero-order chi connectivity index (χ0) is 18.3. The molecule has 0 radical (unpaired) electrons. The van der Waals surface area contributed by atoms with Crippen LogP contribution in [0.5, 0.6) is 0 Å². The fourth-order valence-corrected chi connectivity index (χ4v) is 8.82. The molecule has 6 fully saturated rings. The van der Waals surface area contributed by atoms with Gasteiger partial charge in [0.1, 0.15) is 0 Å². The highest BCUT2D eigenvalue weighted by atomic mass is 16.3. The van der Waals surface area contributed by atoms with Gasteiger partial charge in [-0.3, -0.25) is 4.90 Å². The van der Waals surface area contributed by atoms with E-state index in [1.807, 2.05) is 0 Å². The minimum absolute atomic E-state index is 0.194. The maximum atomic E-state index is 11.4. The molecular formula is C22H35NO3. The number of nitrogens with zero attached hydrogens (tertiary/aromatic N) is 1. The molecule has 5 aliphatic carbocycles. The van der Waals surface area contributed by atoms with Crippen LogP contribution in [0.3, 0.4) is 0 Å². The quantitative estimate of drug-likeness (QED) is 0.660. The van der Waals surface area contributed by atoms with Crippen molar-refractivity contribution in [3.63, 3.8) is 0 Å². The van der Waals surface area contributed by atoms with Crippen LogP contribution < -0.4 is 0 Å². The van der Waals surface area contributed by atoms with Crippen LogP contribution in [-0.4, -0.2) is 58.7 Å². The molecule has 0 aromatic carbocycles. The van der Waals surface area contributed by atoms with Crippen molar-refractivity contribution in [2.75, 3.05) is 26.2 Å². The van der Waals surface area contributed by atoms with Gasteiger partial charge < -0.3 is 15.3 Å². The maximum Gasteiger partial charge on any atom is 0.0834 e. The first-order valence-electron chi connectivity index (χ1n) is 10.8. The number of fused-ring (bicyclic) bond motifs is 2. The first-order chi connectivity index (χ1) is 12.4. The first-order valence-corrected chi connectivity index (χ1v) is 10.8. The lowest BCUT2D eigenvalue weighted by Gasteiger charge is -2.73. The van der Waals surface area contributed by atoms with E-state index in [4.69, 9.17) is 0 Å². The van der Waals surface area contributed by atoms with Crippen LogP contribution in [0.2, 0.25) is 0 Å². The van der Waals surface area contributed by atoms with Crippen molar-refractivity contribution in [2.45, 2.75) is 64.1 Å². The van der Waals surface area contributed by atoms with Gasteiger partial charge in [0.25, 0.3) is 0 Å². The Morgan fingerprint density at radius 3 is 2.69 bits per heavy atom. The lowest BCUT2D eigenvalue weighted by Crippen LogP contribution is -2.74. The van der Waals surface area contributed by atoms with Crippen molar-refractivity contribution in [2.24, 2.45) is 34.0 Å². The Kier molecular flexibility index (Phi) is 3.78. The summed E-state index contributed by atoms with van der Waals surface area (Å²) in [6.45, 7) is 9.72. The molecule has 0 aromatic rings. The summed E-state index contributed by atoms with van der Waals surface area (Å²) >= 11 is 0. The standard InChI is InChI=1S/C22H35NO3/c1-14-15-4-7-22(19(14)26)17(10-15)21-6-3-5-20(2,16(21)11-18(22)25)12-23(13-21)8-9-24/h15-19,24-26H,1,3-13H2,2H3/t15-,16+,17-,18-,19-,20-,21-,22+/m0/s1. The van der Waals surface area contributed by atoms with Crippen LogP contribution in [0.1, 0.15) is 51.9 Å². The van der Waals surface area contributed by atoms with Crippen LogP contribution >= 0.6 is 0 Å². The molecule has 1 aliphatic heterocycles. The average Bonchev–Trinajstić information content (AvgIpc) is 2.60. The summed E-state index contributed by atoms with van der Waals surface area (Å²) in [5.41, 5.74) is 1.04. The maximum absolute atomic E-state index is 11.4. The lowest BCUT2D eigenvalue weighted by molar-refractivity contribution is -0.276. The second-order valence-corrected chi connectivity index (χ2v) is 10.6. The minimum Gasteiger partial charge on any atom is -0.395 e. The minimum atomic E-state index is -0.535. The molecule has 0 amide bonds. The molecule has 0 aromatic heterocycles. The van der Waals surface area contributed by atoms with E-state index < -0.39 is 12.2 Å². The molecule has 4 nitrogen and oxygen atoms in total. The number of hydrogen-bond donors (Lipinski definition) is 3. The summed E-state index contributed by atoms with van der Waals surface area (Å²) in [5, 5.41) is 32.2. The molecule has 4 heteroatoms. The normalized spacial score (nSPS) is 56.2. The summed E-state index contributed by atoms with van der Waals surface area (Å²) in [4.78, 5) is 2.49. The molecule has 8 atom stereocenters. The fraction of sp³-hybridized carbons (Fsp3) is 0.909. The number of piperidine rings is 1. The average molecular weight is 362 g/mol. The summed E-state index contributed by atoms with van der Waals surface area (Å²) in [6, 6.07) is 0. The molecule has 5 saturated carbocycles. The topological polar surface area (TPSA) is 63.9 Å². The summed E-state index contributed by atoms with van der Waals surface area (Å²) in [7, 11) is 0. The predicted octanol–water partition coefficient (Wildman–Crippen LogP) is 2.19. The number of aliphatic hydroxyl groups excluding tert-OH is 3. The van der Waals surface area contributed by atoms with E-state index >= 15 is 0 Å². The van der Waals surface area contributed by atoms with E-state index in [0.717, 1.165) is 50.9 Å². The van der Waals surface area contributed by atoms with Crippen molar-refractivity contribution in [3.05, 3.63) is 12.2 Å². The molecule has 1 heterocycles. The predicted molar refractivity (Wildman–Crippen MR) is 100 cm³/mol. The van der Waals surface area contributed by atoms with Crippen molar-refractivity contribution in [1.82, 2.24) is 4.90 Å². The fourth-order valence-electron chi connectivity index (χ4n) is 8.82. The van der Waals surface area contributed by atoms with E-state index in [2.05, 4.69) is 18.4 Å². The number of aliphatic hydroxyl groups is 3. The Balaban J connectivity index is 1.62. The highest BCUT2D eigenvalue weighted by Crippen LogP contribution is 2.73. The SMILES string of the molecule is C=C1[C@H]2CC[C@@]3([C@@H](O)C[C@@H]4[C@@]5(C)CCC[C@@]4(CN(CCO)C5)[C@@H]3C2)[C@H]1O. The Labute approximate surface area is 157 Å². The highest BCUT2D eigenvalue weighted by molar-refractivity contribution is 5.29. The monoisotopic (exact) mass is 361 g/mol. The highest BCUT2D eigenvalue weighted by Gasteiger charge is 2.72. The molecular weight excluding hydrogens is 326 g/mol. The Hall–Kier alpha value is -0.420. The van der Waals surface area contributed by atoms with Gasteiger partial charge in [-0.15, -0.1) is 0 Å². The smallest absolute Gasteiger partial charge is 0.0834 e. The third-order valence-corrected chi connectivity index (χ3v) is 9.70. The molecule has 6 rings (SSSR count). The summed E-state index contributed by atoms with van der Waals surface area (Å²) < 4.78 is 0. The van der Waals surface area contributed by atoms with Crippen molar-refractivity contribution in [1.29, 1.82) is 0 Å². The van der Waals surface area contributed by atoms with Gasteiger partial charge in [0.05, 0.1) is 18.8 Å². The van der Waals surface area contributed by atoms with Crippen LogP contribution in [0.25, 0.3) is 0 Å². The zero-order valence-corrected chi connectivity index (χ0v) is 16.2. The van der Waals surface area contributed by atoms with Crippen molar-refractivity contribution in [3.8, 4) is 0 Å². The Morgan fingerprint density at radius 2 is 1.92 bits per heavy atom. The molecule has 146 valence electrons. The molecule has 1 saturated heterocycles. The van der Waals surface area contributed by atoms with Gasteiger partial charge in [-0.2, -0.15) is 0 Å². The first kappa shape index (κ1) is 17.7. The van der Waals surface area contributed by atoms with Gasteiger partial charge in [0, 0.05) is 25.0 Å². The molecule has 1 spiro atoms. The van der Waals surface area contributed by atoms with Gasteiger partial charge in [0.2, 0.25) is 0 Å². The summed E-state index contributed by atoms with van der Waals surface area (Å²) in [6.07, 6.45) is 6.77. The van der Waals surface area contributed by atoms with E-state index in [9.17, 15) is 15.3 Å². The van der Waals surface area contributed by atoms with Gasteiger partial charge in [-0.05, 0) is 72.7 Å². The lowest BCUT2D eigenvalue weighted by atomic mass is 9.34. The molecule has 26 heavy (non-hydrogen) atoms. The number of rotatable bonds is 2. The van der Waals surface area contributed by atoms with Crippen molar-refractivity contribution >= 4 is 0 Å². The molecule has 0 unspecified atom stereocenters. The van der Waals surface area contributed by atoms with Crippen molar-refractivity contribution < 1.29 is 15.3 Å². The van der Waals surface area contributed by atoms with Gasteiger partial charge in [0.15, 0.2) is 0 Å². The van der Waals surface area contributed by atoms with E-state index in [-0.39, 0.29) is 22.9 Å². The molecule has 4 bridgehead atoms. The van der Waals surface area contributed by atoms with Gasteiger partial charge >= 0.3 is 0 Å². The van der Waals surface area contributed by atoms with E-state index in [1.54, 1.807) is 0 Å². The zero-order valence-electron chi connectivity index (χ0n) is 16.2. The van der Waals surface area contributed by atoms with Crippen LogP contribution in [-0.2, 0) is 0 Å². The number of likely N-dealkylation sites (tertiary alicyclic amines) is 1. The summed E-state index contributed by atoms with van der Waals surface area (Å²) in [5.74, 6) is 1.37. The third-order valence-electron chi connectivity index (χ3n) is 9.70. The van der Waals surface area contributed by atoms with Crippen LogP contribution in [0.4, 0.5) is 0 Å². The Bertz CT molecular complexity index is 623. The van der Waals surface area contributed by atoms with E-state index in [1.165, 1.54) is 19.3 Å². The number of β-amino-alcohol motifs (C(OH)–C–C–N with tert-alkyl or cyclic N) is 1. The number of hydrogen-bond acceptors (Lipinski definition) is 4. The molecule has 3 N–H and O–H groups in total. The van der Waals surface area contributed by atoms with Gasteiger partial charge in [-0.1, -0.05) is 19.9 Å². The third kappa shape index (κ3) is 1.95. The van der Waals surface area contributed by atoms with E-state index in [0.29, 0.717) is 17.8 Å². The second-order valence-electron chi connectivity index (χ2n) is 10.6. The molecule has 6 aliphatic rings. The van der Waals surface area contributed by atoms with Gasteiger partial charge in [-0.25, -0.2) is 0 Å². The van der Waals surface area contributed by atoms with Crippen LogP contribution in [0.15, 0.2) is 12.2 Å². The second kappa shape index (κ2) is 5.56. The van der Waals surface area contributed by atoms with Crippen LogP contribution in [0, 0.1) is 34.0 Å².